The molecule has 2 nitrogen and oxygen atoms in total. The minimum absolute atomic E-state index is 0.664. The van der Waals surface area contributed by atoms with Gasteiger partial charge in [-0.3, -0.25) is 0 Å². The van der Waals surface area contributed by atoms with Gasteiger partial charge in [0.15, 0.2) is 3.92 Å². The maximum Gasteiger partial charge on any atom is 0.159 e. The highest BCUT2D eigenvalue weighted by Crippen LogP contribution is 2.28. The molecule has 0 saturated carbocycles. The highest BCUT2D eigenvalue weighted by Gasteiger charge is 2.22. The number of likely N-dealkylation sites (N-methyl/N-ethyl adjacent to an activating group) is 1. The lowest BCUT2D eigenvalue weighted by Crippen LogP contribution is -2.13. The number of nitrogens with zero attached hydrogens (tertiary/aromatic N) is 2. The van der Waals surface area contributed by atoms with Crippen LogP contribution >= 0.6 is 27.3 Å². The van der Waals surface area contributed by atoms with Crippen LogP contribution in [0.15, 0.2) is 9.30 Å². The van der Waals surface area contributed by atoms with Gasteiger partial charge in [0.2, 0.25) is 0 Å². The monoisotopic (exact) mass is 246 g/mol. The molecule has 1 unspecified atom stereocenters. The molecule has 0 spiro atoms. The lowest BCUT2D eigenvalue weighted by atomic mass is 10.1. The van der Waals surface area contributed by atoms with Gasteiger partial charge in [0.25, 0.3) is 0 Å². The molecule has 1 aliphatic heterocycles. The summed E-state index contributed by atoms with van der Waals surface area (Å²) >= 11 is 5.07. The smallest absolute Gasteiger partial charge is 0.159 e. The maximum atomic E-state index is 4.44. The molecule has 1 saturated heterocycles. The number of halogens is 1. The third kappa shape index (κ3) is 1.70. The number of rotatable bonds is 1. The van der Waals surface area contributed by atoms with Crippen LogP contribution in [0.1, 0.15) is 18.0 Å². The Morgan fingerprint density at radius 2 is 2.58 bits per heavy atom. The Kier molecular flexibility index (Phi) is 2.48. The van der Waals surface area contributed by atoms with Gasteiger partial charge in [0.05, 0.1) is 5.69 Å². The van der Waals surface area contributed by atoms with Crippen LogP contribution in [-0.2, 0) is 0 Å². The number of hydrogen-bond donors (Lipinski definition) is 0. The highest BCUT2D eigenvalue weighted by molar-refractivity contribution is 9.11. The molecule has 1 atom stereocenters. The van der Waals surface area contributed by atoms with Crippen molar-refractivity contribution < 1.29 is 0 Å². The van der Waals surface area contributed by atoms with E-state index < -0.39 is 0 Å². The second-order valence-corrected chi connectivity index (χ2v) is 5.41. The lowest BCUT2D eigenvalue weighted by Gasteiger charge is -2.06. The van der Waals surface area contributed by atoms with Crippen molar-refractivity contribution in [2.75, 3.05) is 20.1 Å². The quantitative estimate of drug-likeness (QED) is 0.757. The summed E-state index contributed by atoms with van der Waals surface area (Å²) in [5.74, 6) is 0.664. The van der Waals surface area contributed by atoms with Crippen LogP contribution in [0, 0.1) is 0 Å². The number of likely N-dealkylation sites (tertiary alicyclic amines) is 1. The van der Waals surface area contributed by atoms with Crippen LogP contribution in [-0.4, -0.2) is 30.0 Å². The molecule has 2 rings (SSSR count). The first-order chi connectivity index (χ1) is 5.75. The van der Waals surface area contributed by atoms with E-state index in [2.05, 4.69) is 38.2 Å². The molecule has 0 radical (unpaired) electrons. The SMILES string of the molecule is CN1CCC(c2csc(Br)n2)C1. The number of hydrogen-bond acceptors (Lipinski definition) is 3. The maximum absolute atomic E-state index is 4.44. The van der Waals surface area contributed by atoms with Crippen molar-refractivity contribution in [3.05, 3.63) is 15.0 Å². The second-order valence-electron chi connectivity index (χ2n) is 3.27. The van der Waals surface area contributed by atoms with Gasteiger partial charge in [0, 0.05) is 17.8 Å². The Labute approximate surface area is 84.7 Å². The summed E-state index contributed by atoms with van der Waals surface area (Å²) in [5, 5.41) is 2.16. The van der Waals surface area contributed by atoms with Crippen LogP contribution in [0.4, 0.5) is 0 Å². The van der Waals surface area contributed by atoms with E-state index in [0.717, 1.165) is 10.5 Å². The topological polar surface area (TPSA) is 16.1 Å². The fourth-order valence-corrected chi connectivity index (χ4v) is 2.73. The fraction of sp³-hybridized carbons (Fsp3) is 0.625. The molecular weight excluding hydrogens is 236 g/mol. The Hall–Kier alpha value is 0.0700. The molecule has 0 aromatic carbocycles. The van der Waals surface area contributed by atoms with Gasteiger partial charge in [-0.2, -0.15) is 0 Å². The predicted molar refractivity (Wildman–Crippen MR) is 54.7 cm³/mol. The van der Waals surface area contributed by atoms with E-state index in [9.17, 15) is 0 Å². The first kappa shape index (κ1) is 8.66. The summed E-state index contributed by atoms with van der Waals surface area (Å²) in [5.41, 5.74) is 1.26. The van der Waals surface area contributed by atoms with Crippen molar-refractivity contribution >= 4 is 27.3 Å². The van der Waals surface area contributed by atoms with Crippen LogP contribution in [0.25, 0.3) is 0 Å². The average molecular weight is 247 g/mol. The second kappa shape index (κ2) is 3.44. The minimum Gasteiger partial charge on any atom is -0.306 e. The molecule has 2 heterocycles. The first-order valence-corrected chi connectivity index (χ1v) is 5.72. The molecule has 0 N–H and O–H groups in total. The highest BCUT2D eigenvalue weighted by atomic mass is 79.9. The van der Waals surface area contributed by atoms with E-state index in [-0.39, 0.29) is 0 Å². The van der Waals surface area contributed by atoms with E-state index in [1.807, 2.05) is 0 Å². The zero-order chi connectivity index (χ0) is 8.55. The van der Waals surface area contributed by atoms with Crippen molar-refractivity contribution in [2.45, 2.75) is 12.3 Å². The minimum atomic E-state index is 0.664. The molecule has 1 fully saturated rings. The molecule has 1 aromatic rings. The zero-order valence-corrected chi connectivity index (χ0v) is 9.36. The fourth-order valence-electron chi connectivity index (χ4n) is 1.63. The number of aromatic nitrogens is 1. The third-order valence-electron chi connectivity index (χ3n) is 2.30. The molecule has 1 aliphatic rings. The standard InChI is InChI=1S/C8H11BrN2S/c1-11-3-2-6(4-11)7-5-12-8(9)10-7/h5-6H,2-4H2,1H3. The molecule has 0 amide bonds. The van der Waals surface area contributed by atoms with E-state index >= 15 is 0 Å². The van der Waals surface area contributed by atoms with E-state index in [1.54, 1.807) is 11.3 Å². The van der Waals surface area contributed by atoms with Gasteiger partial charge in [-0.05, 0) is 35.9 Å². The lowest BCUT2D eigenvalue weighted by molar-refractivity contribution is 0.411. The van der Waals surface area contributed by atoms with E-state index in [0.29, 0.717) is 5.92 Å². The zero-order valence-electron chi connectivity index (χ0n) is 6.96. The molecule has 0 aliphatic carbocycles. The van der Waals surface area contributed by atoms with Crippen molar-refractivity contribution in [3.8, 4) is 0 Å². The van der Waals surface area contributed by atoms with Crippen LogP contribution < -0.4 is 0 Å². The summed E-state index contributed by atoms with van der Waals surface area (Å²) < 4.78 is 1.01. The molecule has 12 heavy (non-hydrogen) atoms. The molecule has 66 valence electrons. The van der Waals surface area contributed by atoms with Crippen LogP contribution in [0.2, 0.25) is 0 Å². The van der Waals surface area contributed by atoms with Gasteiger partial charge in [0.1, 0.15) is 0 Å². The van der Waals surface area contributed by atoms with Gasteiger partial charge in [-0.25, -0.2) is 4.98 Å². The number of thiazole rings is 1. The third-order valence-corrected chi connectivity index (χ3v) is 3.69. The average Bonchev–Trinajstić information content (AvgIpc) is 2.58. The molecule has 1 aromatic heterocycles. The van der Waals surface area contributed by atoms with Crippen LogP contribution in [0.5, 0.6) is 0 Å². The van der Waals surface area contributed by atoms with Gasteiger partial charge < -0.3 is 4.90 Å². The van der Waals surface area contributed by atoms with Crippen molar-refractivity contribution in [1.82, 2.24) is 9.88 Å². The first-order valence-electron chi connectivity index (χ1n) is 4.05. The summed E-state index contributed by atoms with van der Waals surface area (Å²) in [6.45, 7) is 2.37. The van der Waals surface area contributed by atoms with E-state index in [4.69, 9.17) is 0 Å². The van der Waals surface area contributed by atoms with Gasteiger partial charge in [-0.15, -0.1) is 11.3 Å². The Morgan fingerprint density at radius 3 is 3.08 bits per heavy atom. The summed E-state index contributed by atoms with van der Waals surface area (Å²) in [4.78, 5) is 6.79. The normalized spacial score (nSPS) is 25.0. The summed E-state index contributed by atoms with van der Waals surface area (Å²) in [6.07, 6.45) is 1.26. The van der Waals surface area contributed by atoms with Crippen molar-refractivity contribution in [2.24, 2.45) is 0 Å². The summed E-state index contributed by atoms with van der Waals surface area (Å²) in [6, 6.07) is 0. The molecular formula is C8H11BrN2S. The Balaban J connectivity index is 2.11. The van der Waals surface area contributed by atoms with Crippen molar-refractivity contribution in [3.63, 3.8) is 0 Å². The predicted octanol–water partition coefficient (Wildman–Crippen LogP) is 2.32. The molecule has 0 bridgehead atoms. The Morgan fingerprint density at radius 1 is 1.75 bits per heavy atom. The Bertz CT molecular complexity index is 274. The van der Waals surface area contributed by atoms with Crippen molar-refractivity contribution in [1.29, 1.82) is 0 Å². The van der Waals surface area contributed by atoms with Crippen LogP contribution in [0.3, 0.4) is 0 Å². The summed E-state index contributed by atoms with van der Waals surface area (Å²) in [7, 11) is 2.17. The van der Waals surface area contributed by atoms with E-state index in [1.165, 1.54) is 18.7 Å². The largest absolute Gasteiger partial charge is 0.306 e. The van der Waals surface area contributed by atoms with Gasteiger partial charge in [-0.1, -0.05) is 0 Å². The molecule has 4 heteroatoms. The van der Waals surface area contributed by atoms with Gasteiger partial charge >= 0.3 is 0 Å².